The first-order valence-electron chi connectivity index (χ1n) is 10.3. The van der Waals surface area contributed by atoms with Gasteiger partial charge in [0.15, 0.2) is 5.76 Å². The van der Waals surface area contributed by atoms with E-state index in [4.69, 9.17) is 4.42 Å². The van der Waals surface area contributed by atoms with Gasteiger partial charge in [-0.2, -0.15) is 0 Å². The van der Waals surface area contributed by atoms with Gasteiger partial charge in [0.1, 0.15) is 5.58 Å². The summed E-state index contributed by atoms with van der Waals surface area (Å²) in [4.78, 5) is 27.2. The van der Waals surface area contributed by atoms with Crippen LogP contribution in [0.15, 0.2) is 22.6 Å². The summed E-state index contributed by atoms with van der Waals surface area (Å²) in [6.07, 6.45) is 3.94. The number of rotatable bonds is 4. The largest absolute Gasteiger partial charge is 0.450 e. The molecule has 0 bridgehead atoms. The van der Waals surface area contributed by atoms with Gasteiger partial charge in [-0.25, -0.2) is 0 Å². The zero-order valence-corrected chi connectivity index (χ0v) is 16.7. The summed E-state index contributed by atoms with van der Waals surface area (Å²) in [5.74, 6) is 0.782. The van der Waals surface area contributed by atoms with Crippen molar-refractivity contribution in [3.63, 3.8) is 0 Å². The maximum atomic E-state index is 13.1. The second-order valence-electron chi connectivity index (χ2n) is 8.16. The molecule has 3 heterocycles. The van der Waals surface area contributed by atoms with Crippen LogP contribution in [0.1, 0.15) is 47.4 Å². The van der Waals surface area contributed by atoms with Crippen LogP contribution in [0, 0.1) is 19.8 Å². The van der Waals surface area contributed by atoms with Crippen molar-refractivity contribution in [3.8, 4) is 0 Å². The van der Waals surface area contributed by atoms with E-state index in [0.29, 0.717) is 18.8 Å². The number of nitrogens with one attached hydrogen (secondary N) is 2. The van der Waals surface area contributed by atoms with Gasteiger partial charge in [0.25, 0.3) is 5.91 Å². The molecule has 2 N–H and O–H groups in total. The second kappa shape index (κ2) is 7.95. The Kier molecular flexibility index (Phi) is 5.40. The van der Waals surface area contributed by atoms with Crippen molar-refractivity contribution in [1.82, 2.24) is 15.5 Å². The number of hydrogen-bond donors (Lipinski definition) is 2. The number of piperidine rings is 1. The minimum absolute atomic E-state index is 0.0402. The summed E-state index contributed by atoms with van der Waals surface area (Å²) in [7, 11) is 0. The third-order valence-electron chi connectivity index (χ3n) is 6.10. The molecule has 6 nitrogen and oxygen atoms in total. The highest BCUT2D eigenvalue weighted by Crippen LogP contribution is 2.29. The van der Waals surface area contributed by atoms with E-state index in [1.807, 2.05) is 36.9 Å². The van der Waals surface area contributed by atoms with E-state index < -0.39 is 0 Å². The number of benzene rings is 1. The Morgan fingerprint density at radius 3 is 2.86 bits per heavy atom. The van der Waals surface area contributed by atoms with E-state index in [1.54, 1.807) is 0 Å². The molecular weight excluding hydrogens is 354 g/mol. The molecule has 0 aliphatic carbocycles. The number of carbonyl (C=O) groups is 2. The Balaban J connectivity index is 1.41. The quantitative estimate of drug-likeness (QED) is 0.851. The van der Waals surface area contributed by atoms with Crippen molar-refractivity contribution in [2.24, 2.45) is 5.92 Å². The molecule has 2 aliphatic heterocycles. The average molecular weight is 383 g/mol. The molecule has 6 heteroatoms. The molecule has 2 atom stereocenters. The van der Waals surface area contributed by atoms with Gasteiger partial charge < -0.3 is 20.0 Å². The summed E-state index contributed by atoms with van der Waals surface area (Å²) in [5, 5.41) is 7.31. The van der Waals surface area contributed by atoms with Crippen LogP contribution in [0.3, 0.4) is 0 Å². The van der Waals surface area contributed by atoms with Crippen LogP contribution in [-0.2, 0) is 4.79 Å². The molecule has 1 aromatic carbocycles. The van der Waals surface area contributed by atoms with Gasteiger partial charge in [0.2, 0.25) is 5.91 Å². The Bertz CT molecular complexity index is 883. The number of hydrogen-bond acceptors (Lipinski definition) is 4. The normalized spacial score (nSPS) is 22.6. The fourth-order valence-corrected chi connectivity index (χ4v) is 4.42. The molecule has 0 radical (unpaired) electrons. The molecule has 2 unspecified atom stereocenters. The van der Waals surface area contributed by atoms with E-state index in [-0.39, 0.29) is 23.8 Å². The molecule has 28 heavy (non-hydrogen) atoms. The zero-order chi connectivity index (χ0) is 19.7. The monoisotopic (exact) mass is 383 g/mol. The van der Waals surface area contributed by atoms with Gasteiger partial charge in [-0.05, 0) is 57.6 Å². The van der Waals surface area contributed by atoms with Crippen LogP contribution in [-0.4, -0.2) is 48.9 Å². The molecule has 1 aromatic heterocycles. The highest BCUT2D eigenvalue weighted by molar-refractivity contribution is 5.99. The highest BCUT2D eigenvalue weighted by Gasteiger charge is 2.29. The predicted molar refractivity (Wildman–Crippen MR) is 108 cm³/mol. The maximum absolute atomic E-state index is 13.1. The van der Waals surface area contributed by atoms with Crippen molar-refractivity contribution >= 4 is 22.8 Å². The van der Waals surface area contributed by atoms with Crippen molar-refractivity contribution < 1.29 is 14.0 Å². The third kappa shape index (κ3) is 3.65. The number of fused-ring (bicyclic) bond motifs is 1. The smallest absolute Gasteiger partial charge is 0.289 e. The molecule has 2 saturated heterocycles. The zero-order valence-electron chi connectivity index (χ0n) is 16.7. The topological polar surface area (TPSA) is 74.6 Å². The summed E-state index contributed by atoms with van der Waals surface area (Å²) in [6, 6.07) is 5.94. The third-order valence-corrected chi connectivity index (χ3v) is 6.10. The van der Waals surface area contributed by atoms with E-state index in [9.17, 15) is 9.59 Å². The lowest BCUT2D eigenvalue weighted by Crippen LogP contribution is -2.46. The van der Waals surface area contributed by atoms with Crippen molar-refractivity contribution in [2.45, 2.75) is 45.6 Å². The fraction of sp³-hybridized carbons (Fsp3) is 0.545. The lowest BCUT2D eigenvalue weighted by atomic mass is 9.97. The van der Waals surface area contributed by atoms with Crippen molar-refractivity contribution in [1.29, 1.82) is 0 Å². The van der Waals surface area contributed by atoms with Crippen LogP contribution >= 0.6 is 0 Å². The van der Waals surface area contributed by atoms with Gasteiger partial charge in [-0.1, -0.05) is 18.2 Å². The molecule has 0 saturated carbocycles. The summed E-state index contributed by atoms with van der Waals surface area (Å²) in [6.45, 7) is 6.89. The van der Waals surface area contributed by atoms with Gasteiger partial charge in [0, 0.05) is 30.6 Å². The first-order valence-corrected chi connectivity index (χ1v) is 10.3. The molecular formula is C22H29N3O3. The lowest BCUT2D eigenvalue weighted by Gasteiger charge is -2.32. The number of carbonyl (C=O) groups excluding carboxylic acids is 2. The fourth-order valence-electron chi connectivity index (χ4n) is 4.42. The van der Waals surface area contributed by atoms with Crippen molar-refractivity contribution in [2.75, 3.05) is 26.2 Å². The van der Waals surface area contributed by atoms with Crippen LogP contribution in [0.2, 0.25) is 0 Å². The Hall–Kier alpha value is -2.34. The van der Waals surface area contributed by atoms with Gasteiger partial charge in [-0.3, -0.25) is 9.59 Å². The summed E-state index contributed by atoms with van der Waals surface area (Å²) >= 11 is 0. The maximum Gasteiger partial charge on any atom is 0.289 e. The standard InChI is InChI=1S/C22H29N3O3/c1-14-6-3-8-17-15(2)20(28-19(14)17)22(27)25-11-5-7-16(13-25)12-24-21(26)18-9-4-10-23-18/h3,6,8,16,18,23H,4-5,7,9-13H2,1-2H3,(H,24,26). The molecule has 2 fully saturated rings. The van der Waals surface area contributed by atoms with Gasteiger partial charge in [-0.15, -0.1) is 0 Å². The number of amides is 2. The SMILES string of the molecule is Cc1c(C(=O)N2CCCC(CNC(=O)C3CCCN3)C2)oc2c(C)cccc12. The highest BCUT2D eigenvalue weighted by atomic mass is 16.3. The van der Waals surface area contributed by atoms with Crippen LogP contribution in [0.5, 0.6) is 0 Å². The number of nitrogens with zero attached hydrogens (tertiary/aromatic N) is 1. The van der Waals surface area contributed by atoms with Gasteiger partial charge >= 0.3 is 0 Å². The van der Waals surface area contributed by atoms with E-state index in [0.717, 1.165) is 60.9 Å². The molecule has 0 spiro atoms. The first-order chi connectivity index (χ1) is 13.5. The number of likely N-dealkylation sites (tertiary alicyclic amines) is 1. The van der Waals surface area contributed by atoms with Crippen LogP contribution in [0.25, 0.3) is 11.0 Å². The molecule has 4 rings (SSSR count). The Morgan fingerprint density at radius 1 is 1.25 bits per heavy atom. The first kappa shape index (κ1) is 19.0. The molecule has 2 aliphatic rings. The van der Waals surface area contributed by atoms with E-state index in [1.165, 1.54) is 0 Å². The van der Waals surface area contributed by atoms with Gasteiger partial charge in [0.05, 0.1) is 6.04 Å². The van der Waals surface area contributed by atoms with Crippen LogP contribution < -0.4 is 10.6 Å². The Morgan fingerprint density at radius 2 is 2.11 bits per heavy atom. The molecule has 150 valence electrons. The van der Waals surface area contributed by atoms with E-state index in [2.05, 4.69) is 10.6 Å². The number of furan rings is 1. The number of aryl methyl sites for hydroxylation is 2. The Labute approximate surface area is 165 Å². The van der Waals surface area contributed by atoms with E-state index >= 15 is 0 Å². The lowest BCUT2D eigenvalue weighted by molar-refractivity contribution is -0.123. The summed E-state index contributed by atoms with van der Waals surface area (Å²) < 4.78 is 5.98. The van der Waals surface area contributed by atoms with Crippen molar-refractivity contribution in [3.05, 3.63) is 35.1 Å². The summed E-state index contributed by atoms with van der Waals surface area (Å²) in [5.41, 5.74) is 2.75. The minimum atomic E-state index is -0.0530. The molecule has 2 amide bonds. The second-order valence-corrected chi connectivity index (χ2v) is 8.16. The minimum Gasteiger partial charge on any atom is -0.450 e. The van der Waals surface area contributed by atoms with Crippen LogP contribution in [0.4, 0.5) is 0 Å². The molecule has 2 aromatic rings. The average Bonchev–Trinajstić information content (AvgIpc) is 3.35. The number of para-hydroxylation sites is 1. The predicted octanol–water partition coefficient (Wildman–Crippen LogP) is 2.77.